The lowest BCUT2D eigenvalue weighted by Gasteiger charge is -2.15. The SMILES string of the molecule is C.CN(C)C(=N)c1ccc(C(=O)Nc2ccccc2C(=O)Nc2ccc(Br)cn2)c(F)c1. The number of nitrogens with one attached hydrogen (secondary N) is 3. The van der Waals surface area contributed by atoms with Crippen LogP contribution in [0.5, 0.6) is 0 Å². The van der Waals surface area contributed by atoms with Gasteiger partial charge in [-0.05, 0) is 52.3 Å². The van der Waals surface area contributed by atoms with E-state index in [4.69, 9.17) is 5.41 Å². The first-order valence-electron chi connectivity index (χ1n) is 9.15. The molecule has 0 saturated carbocycles. The van der Waals surface area contributed by atoms with Gasteiger partial charge in [-0.25, -0.2) is 9.37 Å². The Morgan fingerprint density at radius 2 is 1.69 bits per heavy atom. The summed E-state index contributed by atoms with van der Waals surface area (Å²) >= 11 is 3.28. The van der Waals surface area contributed by atoms with E-state index in [0.717, 1.165) is 10.5 Å². The number of amides is 2. The third kappa shape index (κ3) is 5.76. The summed E-state index contributed by atoms with van der Waals surface area (Å²) in [6.45, 7) is 0. The lowest BCUT2D eigenvalue weighted by molar-refractivity contribution is 0.102. The number of hydrogen-bond donors (Lipinski definition) is 3. The number of halogens is 2. The minimum absolute atomic E-state index is 0. The van der Waals surface area contributed by atoms with Gasteiger partial charge in [0.1, 0.15) is 17.5 Å². The van der Waals surface area contributed by atoms with Crippen molar-refractivity contribution in [3.8, 4) is 0 Å². The van der Waals surface area contributed by atoms with Gasteiger partial charge in [-0.2, -0.15) is 0 Å². The number of carbonyl (C=O) groups excluding carboxylic acids is 2. The second kappa shape index (κ2) is 10.6. The van der Waals surface area contributed by atoms with Gasteiger partial charge in [-0.3, -0.25) is 15.0 Å². The number of pyridine rings is 1. The zero-order valence-electron chi connectivity index (χ0n) is 16.7. The maximum Gasteiger partial charge on any atom is 0.258 e. The molecule has 0 saturated heterocycles. The summed E-state index contributed by atoms with van der Waals surface area (Å²) in [5.41, 5.74) is 0.583. The Kier molecular flexibility index (Phi) is 8.20. The van der Waals surface area contributed by atoms with E-state index in [1.165, 1.54) is 17.0 Å². The molecule has 1 aromatic heterocycles. The van der Waals surface area contributed by atoms with Crippen molar-refractivity contribution in [3.63, 3.8) is 0 Å². The van der Waals surface area contributed by atoms with E-state index in [0.29, 0.717) is 11.4 Å². The van der Waals surface area contributed by atoms with Crippen LogP contribution in [0.3, 0.4) is 0 Å². The Balaban J connectivity index is 0.00000363. The van der Waals surface area contributed by atoms with Crippen molar-refractivity contribution in [2.75, 3.05) is 24.7 Å². The maximum atomic E-state index is 14.5. The molecule has 2 amide bonds. The lowest BCUT2D eigenvalue weighted by Crippen LogP contribution is -2.23. The summed E-state index contributed by atoms with van der Waals surface area (Å²) in [5.74, 6) is -1.47. The van der Waals surface area contributed by atoms with E-state index >= 15 is 0 Å². The molecule has 3 N–H and O–H groups in total. The standard InChI is InChI=1S/C22H19BrFN5O2.CH4/c1-29(2)20(25)13-7-9-15(17(24)11-13)21(30)27-18-6-4-3-5-16(18)22(31)28-19-10-8-14(23)12-26-19;/h3-12,25H,1-2H3,(H,27,30)(H,26,28,31);1H4. The Morgan fingerprint density at radius 1 is 1.00 bits per heavy atom. The van der Waals surface area contributed by atoms with Gasteiger partial charge in [0.2, 0.25) is 0 Å². The predicted molar refractivity (Wildman–Crippen MR) is 128 cm³/mol. The highest BCUT2D eigenvalue weighted by Gasteiger charge is 2.18. The Morgan fingerprint density at radius 3 is 2.31 bits per heavy atom. The van der Waals surface area contributed by atoms with Gasteiger partial charge in [0.05, 0.1) is 16.8 Å². The van der Waals surface area contributed by atoms with Crippen LogP contribution in [0, 0.1) is 11.2 Å². The lowest BCUT2D eigenvalue weighted by atomic mass is 10.1. The fraction of sp³-hybridized carbons (Fsp3) is 0.130. The average Bonchev–Trinajstić information content (AvgIpc) is 2.74. The number of para-hydroxylation sites is 1. The molecular formula is C23H23BrFN5O2. The van der Waals surface area contributed by atoms with Crippen LogP contribution in [0.4, 0.5) is 15.9 Å². The second-order valence-corrected chi connectivity index (χ2v) is 7.67. The molecule has 166 valence electrons. The molecule has 9 heteroatoms. The van der Waals surface area contributed by atoms with Crippen LogP contribution in [0.2, 0.25) is 0 Å². The predicted octanol–water partition coefficient (Wildman–Crippen LogP) is 5.01. The molecule has 0 spiro atoms. The van der Waals surface area contributed by atoms with Crippen molar-refractivity contribution in [1.82, 2.24) is 9.88 Å². The van der Waals surface area contributed by atoms with Crippen LogP contribution in [-0.2, 0) is 0 Å². The molecule has 0 aliphatic heterocycles. The summed E-state index contributed by atoms with van der Waals surface area (Å²) in [4.78, 5) is 31.0. The Bertz CT molecular complexity index is 1150. The molecule has 0 unspecified atom stereocenters. The molecule has 0 aliphatic rings. The second-order valence-electron chi connectivity index (χ2n) is 6.75. The molecule has 0 radical (unpaired) electrons. The molecule has 3 rings (SSSR count). The summed E-state index contributed by atoms with van der Waals surface area (Å²) in [6.07, 6.45) is 1.55. The zero-order chi connectivity index (χ0) is 22.5. The summed E-state index contributed by atoms with van der Waals surface area (Å²) < 4.78 is 15.3. The summed E-state index contributed by atoms with van der Waals surface area (Å²) in [6, 6.07) is 13.7. The highest BCUT2D eigenvalue weighted by Crippen LogP contribution is 2.20. The summed E-state index contributed by atoms with van der Waals surface area (Å²) in [5, 5.41) is 13.2. The van der Waals surface area contributed by atoms with Gasteiger partial charge in [0.15, 0.2) is 0 Å². The molecule has 1 heterocycles. The van der Waals surface area contributed by atoms with Crippen molar-refractivity contribution < 1.29 is 14.0 Å². The average molecular weight is 500 g/mol. The zero-order valence-corrected chi connectivity index (χ0v) is 18.3. The quantitative estimate of drug-likeness (QED) is 0.339. The third-order valence-electron chi connectivity index (χ3n) is 4.32. The third-order valence-corrected chi connectivity index (χ3v) is 4.79. The first-order valence-corrected chi connectivity index (χ1v) is 9.94. The largest absolute Gasteiger partial charge is 0.363 e. The van der Waals surface area contributed by atoms with Crippen molar-refractivity contribution in [2.45, 2.75) is 7.43 Å². The van der Waals surface area contributed by atoms with Crippen LogP contribution in [0.15, 0.2) is 65.3 Å². The van der Waals surface area contributed by atoms with Gasteiger partial charge in [0, 0.05) is 30.3 Å². The van der Waals surface area contributed by atoms with Crippen LogP contribution < -0.4 is 10.6 Å². The van der Waals surface area contributed by atoms with E-state index in [9.17, 15) is 14.0 Å². The van der Waals surface area contributed by atoms with E-state index in [1.54, 1.807) is 56.7 Å². The van der Waals surface area contributed by atoms with E-state index in [1.807, 2.05) is 0 Å². The van der Waals surface area contributed by atoms with E-state index in [2.05, 4.69) is 31.5 Å². The molecule has 2 aromatic carbocycles. The number of anilines is 2. The van der Waals surface area contributed by atoms with Crippen molar-refractivity contribution in [1.29, 1.82) is 5.41 Å². The van der Waals surface area contributed by atoms with Gasteiger partial charge in [0.25, 0.3) is 11.8 Å². The minimum Gasteiger partial charge on any atom is -0.363 e. The van der Waals surface area contributed by atoms with E-state index in [-0.39, 0.29) is 30.1 Å². The molecule has 0 atom stereocenters. The molecule has 0 bridgehead atoms. The van der Waals surface area contributed by atoms with Gasteiger partial charge in [-0.15, -0.1) is 0 Å². The molecule has 0 fully saturated rings. The van der Waals surface area contributed by atoms with Gasteiger partial charge in [-0.1, -0.05) is 25.6 Å². The van der Waals surface area contributed by atoms with Crippen molar-refractivity contribution in [2.24, 2.45) is 0 Å². The van der Waals surface area contributed by atoms with Crippen LogP contribution in [0.1, 0.15) is 33.7 Å². The van der Waals surface area contributed by atoms with Crippen molar-refractivity contribution in [3.05, 3.63) is 87.8 Å². The molecule has 7 nitrogen and oxygen atoms in total. The highest BCUT2D eigenvalue weighted by molar-refractivity contribution is 9.10. The smallest absolute Gasteiger partial charge is 0.258 e. The minimum atomic E-state index is -0.761. The number of amidine groups is 1. The molecular weight excluding hydrogens is 477 g/mol. The Labute approximate surface area is 194 Å². The monoisotopic (exact) mass is 499 g/mol. The molecule has 32 heavy (non-hydrogen) atoms. The van der Waals surface area contributed by atoms with Crippen LogP contribution >= 0.6 is 15.9 Å². The number of benzene rings is 2. The number of rotatable bonds is 5. The number of hydrogen-bond acceptors (Lipinski definition) is 4. The van der Waals surface area contributed by atoms with Gasteiger partial charge < -0.3 is 15.5 Å². The van der Waals surface area contributed by atoms with Crippen LogP contribution in [-0.4, -0.2) is 41.6 Å². The number of aromatic nitrogens is 1. The fourth-order valence-electron chi connectivity index (χ4n) is 2.72. The molecule has 0 aliphatic carbocycles. The van der Waals surface area contributed by atoms with Crippen LogP contribution in [0.25, 0.3) is 0 Å². The summed E-state index contributed by atoms with van der Waals surface area (Å²) in [7, 11) is 3.35. The fourth-order valence-corrected chi connectivity index (χ4v) is 2.95. The van der Waals surface area contributed by atoms with E-state index < -0.39 is 17.6 Å². The van der Waals surface area contributed by atoms with Gasteiger partial charge >= 0.3 is 0 Å². The topological polar surface area (TPSA) is 98.2 Å². The maximum absolute atomic E-state index is 14.5. The highest BCUT2D eigenvalue weighted by atomic mass is 79.9. The number of carbonyl (C=O) groups is 2. The molecule has 3 aromatic rings. The Hall–Kier alpha value is -3.59. The number of nitrogens with zero attached hydrogens (tertiary/aromatic N) is 2. The normalized spacial score (nSPS) is 10.0. The first kappa shape index (κ1) is 24.7. The first-order chi connectivity index (χ1) is 14.8. The van der Waals surface area contributed by atoms with Crippen molar-refractivity contribution >= 4 is 45.1 Å².